The monoisotopic (exact) mass is 367 g/mol. The summed E-state index contributed by atoms with van der Waals surface area (Å²) in [5, 5.41) is 9.76. The SMILES string of the molecule is N#CC(C(=O)c1cccc(Cl)c1Cl)c1ccc(Br)cc1. The zero-order valence-corrected chi connectivity index (χ0v) is 13.2. The van der Waals surface area contributed by atoms with E-state index < -0.39 is 5.92 Å². The van der Waals surface area contributed by atoms with E-state index in [1.807, 2.05) is 6.07 Å². The van der Waals surface area contributed by atoms with Gasteiger partial charge in [-0.05, 0) is 29.8 Å². The maximum atomic E-state index is 12.5. The first-order chi connectivity index (χ1) is 9.54. The number of halogens is 3. The number of carbonyl (C=O) groups excluding carboxylic acids is 1. The summed E-state index contributed by atoms with van der Waals surface area (Å²) in [7, 11) is 0. The molecule has 2 nitrogen and oxygen atoms in total. The molecule has 0 N–H and O–H groups in total. The second kappa shape index (κ2) is 6.41. The maximum absolute atomic E-state index is 12.5. The molecule has 0 saturated heterocycles. The van der Waals surface area contributed by atoms with Gasteiger partial charge in [-0.25, -0.2) is 0 Å². The van der Waals surface area contributed by atoms with E-state index in [1.165, 1.54) is 0 Å². The van der Waals surface area contributed by atoms with Crippen LogP contribution < -0.4 is 0 Å². The molecule has 2 aromatic rings. The van der Waals surface area contributed by atoms with Crippen molar-refractivity contribution in [2.75, 3.05) is 0 Å². The number of nitriles is 1. The van der Waals surface area contributed by atoms with Crippen LogP contribution in [0.5, 0.6) is 0 Å². The minimum Gasteiger partial charge on any atom is -0.292 e. The van der Waals surface area contributed by atoms with Crippen LogP contribution in [0.4, 0.5) is 0 Å². The van der Waals surface area contributed by atoms with E-state index in [1.54, 1.807) is 42.5 Å². The van der Waals surface area contributed by atoms with E-state index in [0.717, 1.165) is 4.47 Å². The molecular formula is C15H8BrCl2NO. The van der Waals surface area contributed by atoms with Crippen LogP contribution in [0.25, 0.3) is 0 Å². The van der Waals surface area contributed by atoms with Crippen molar-refractivity contribution < 1.29 is 4.79 Å². The Balaban J connectivity index is 2.42. The largest absolute Gasteiger partial charge is 0.292 e. The first-order valence-electron chi connectivity index (χ1n) is 5.68. The van der Waals surface area contributed by atoms with Crippen molar-refractivity contribution in [1.29, 1.82) is 5.26 Å². The van der Waals surface area contributed by atoms with Crippen molar-refractivity contribution >= 4 is 44.9 Å². The third-order valence-electron chi connectivity index (χ3n) is 2.81. The Bertz CT molecular complexity index is 692. The van der Waals surface area contributed by atoms with Gasteiger partial charge in [0, 0.05) is 10.0 Å². The van der Waals surface area contributed by atoms with Gasteiger partial charge in [-0.15, -0.1) is 0 Å². The Hall–Kier alpha value is -1.34. The van der Waals surface area contributed by atoms with Crippen LogP contribution in [0.1, 0.15) is 21.8 Å². The highest BCUT2D eigenvalue weighted by Gasteiger charge is 2.24. The van der Waals surface area contributed by atoms with E-state index in [2.05, 4.69) is 15.9 Å². The van der Waals surface area contributed by atoms with Crippen molar-refractivity contribution in [3.63, 3.8) is 0 Å². The van der Waals surface area contributed by atoms with Crippen LogP contribution in [0, 0.1) is 11.3 Å². The van der Waals surface area contributed by atoms with Crippen LogP contribution in [-0.2, 0) is 0 Å². The Labute approximate surface area is 135 Å². The molecule has 0 spiro atoms. The molecule has 0 heterocycles. The molecule has 0 aliphatic heterocycles. The first-order valence-corrected chi connectivity index (χ1v) is 7.23. The molecule has 1 atom stereocenters. The Morgan fingerprint density at radius 1 is 1.15 bits per heavy atom. The predicted molar refractivity (Wildman–Crippen MR) is 83.3 cm³/mol. The molecule has 2 aromatic carbocycles. The molecule has 0 bridgehead atoms. The van der Waals surface area contributed by atoms with E-state index in [4.69, 9.17) is 23.2 Å². The first kappa shape index (κ1) is 15.1. The Morgan fingerprint density at radius 2 is 1.80 bits per heavy atom. The van der Waals surface area contributed by atoms with E-state index in [-0.39, 0.29) is 16.4 Å². The minimum atomic E-state index is -0.904. The fourth-order valence-corrected chi connectivity index (χ4v) is 2.45. The molecule has 0 amide bonds. The van der Waals surface area contributed by atoms with Crippen LogP contribution in [0.2, 0.25) is 10.0 Å². The number of Topliss-reactive ketones (excluding diaryl/α,β-unsaturated/α-hetero) is 1. The third kappa shape index (κ3) is 3.04. The Kier molecular flexibility index (Phi) is 4.82. The van der Waals surface area contributed by atoms with Gasteiger partial charge in [0.1, 0.15) is 5.92 Å². The lowest BCUT2D eigenvalue weighted by Gasteiger charge is -2.10. The van der Waals surface area contributed by atoms with Gasteiger partial charge in [0.05, 0.1) is 16.1 Å². The number of hydrogen-bond donors (Lipinski definition) is 0. The summed E-state index contributed by atoms with van der Waals surface area (Å²) in [5.41, 5.74) is 0.880. The van der Waals surface area contributed by atoms with Gasteiger partial charge < -0.3 is 0 Å². The number of ketones is 1. The zero-order chi connectivity index (χ0) is 14.7. The van der Waals surface area contributed by atoms with Gasteiger partial charge in [0.25, 0.3) is 0 Å². The molecule has 0 aliphatic rings. The molecule has 100 valence electrons. The molecule has 0 aromatic heterocycles. The molecule has 0 saturated carbocycles. The van der Waals surface area contributed by atoms with Crippen molar-refractivity contribution in [3.05, 3.63) is 68.1 Å². The van der Waals surface area contributed by atoms with Gasteiger partial charge >= 0.3 is 0 Å². The number of nitrogens with zero attached hydrogens (tertiary/aromatic N) is 1. The quantitative estimate of drug-likeness (QED) is 0.694. The minimum absolute atomic E-state index is 0.177. The lowest BCUT2D eigenvalue weighted by molar-refractivity contribution is 0.0979. The van der Waals surface area contributed by atoms with Gasteiger partial charge in [-0.2, -0.15) is 5.26 Å². The molecule has 2 rings (SSSR count). The summed E-state index contributed by atoms with van der Waals surface area (Å²) in [6.07, 6.45) is 0. The number of hydrogen-bond acceptors (Lipinski definition) is 2. The average molecular weight is 369 g/mol. The molecule has 0 fully saturated rings. The van der Waals surface area contributed by atoms with Crippen molar-refractivity contribution in [1.82, 2.24) is 0 Å². The topological polar surface area (TPSA) is 40.9 Å². The normalized spacial score (nSPS) is 11.7. The van der Waals surface area contributed by atoms with Gasteiger partial charge in [0.15, 0.2) is 5.78 Å². The highest BCUT2D eigenvalue weighted by Crippen LogP contribution is 2.30. The van der Waals surface area contributed by atoms with E-state index in [0.29, 0.717) is 10.6 Å². The second-order valence-electron chi connectivity index (χ2n) is 4.08. The average Bonchev–Trinajstić information content (AvgIpc) is 2.44. The Morgan fingerprint density at radius 3 is 2.40 bits per heavy atom. The molecule has 5 heteroatoms. The van der Waals surface area contributed by atoms with Crippen molar-refractivity contribution in [2.45, 2.75) is 5.92 Å². The van der Waals surface area contributed by atoms with E-state index in [9.17, 15) is 10.1 Å². The van der Waals surface area contributed by atoms with Gasteiger partial charge in [-0.3, -0.25) is 4.79 Å². The molecule has 0 aliphatic carbocycles. The molecule has 1 unspecified atom stereocenters. The lowest BCUT2D eigenvalue weighted by Crippen LogP contribution is -2.11. The third-order valence-corrected chi connectivity index (χ3v) is 4.16. The summed E-state index contributed by atoms with van der Waals surface area (Å²) in [6.45, 7) is 0. The fraction of sp³-hybridized carbons (Fsp3) is 0.0667. The number of carbonyl (C=O) groups is 1. The molecule has 20 heavy (non-hydrogen) atoms. The summed E-state index contributed by atoms with van der Waals surface area (Å²) in [5.74, 6) is -1.26. The highest BCUT2D eigenvalue weighted by molar-refractivity contribution is 9.10. The van der Waals surface area contributed by atoms with Crippen molar-refractivity contribution in [2.24, 2.45) is 0 Å². The fourth-order valence-electron chi connectivity index (χ4n) is 1.79. The predicted octanol–water partition coefficient (Wildman–Crippen LogP) is 5.25. The van der Waals surface area contributed by atoms with Crippen LogP contribution >= 0.6 is 39.1 Å². The standard InChI is InChI=1S/C15H8BrCl2NO/c16-10-6-4-9(5-7-10)12(8-19)15(20)11-2-1-3-13(17)14(11)18/h1-7,12H. The molecule has 0 radical (unpaired) electrons. The maximum Gasteiger partial charge on any atom is 0.186 e. The number of rotatable bonds is 3. The summed E-state index contributed by atoms with van der Waals surface area (Å²) in [4.78, 5) is 12.5. The van der Waals surface area contributed by atoms with Crippen LogP contribution in [-0.4, -0.2) is 5.78 Å². The number of benzene rings is 2. The van der Waals surface area contributed by atoms with Crippen molar-refractivity contribution in [3.8, 4) is 6.07 Å². The smallest absolute Gasteiger partial charge is 0.186 e. The van der Waals surface area contributed by atoms with Gasteiger partial charge in [0.2, 0.25) is 0 Å². The molecular weight excluding hydrogens is 361 g/mol. The summed E-state index contributed by atoms with van der Waals surface area (Å²) < 4.78 is 0.881. The van der Waals surface area contributed by atoms with Gasteiger partial charge in [-0.1, -0.05) is 57.3 Å². The summed E-state index contributed by atoms with van der Waals surface area (Å²) >= 11 is 15.2. The second-order valence-corrected chi connectivity index (χ2v) is 5.78. The van der Waals surface area contributed by atoms with E-state index >= 15 is 0 Å². The lowest BCUT2D eigenvalue weighted by atomic mass is 9.92. The highest BCUT2D eigenvalue weighted by atomic mass is 79.9. The van der Waals surface area contributed by atoms with Crippen LogP contribution in [0.15, 0.2) is 46.9 Å². The zero-order valence-electron chi connectivity index (χ0n) is 10.1. The van der Waals surface area contributed by atoms with Crippen LogP contribution in [0.3, 0.4) is 0 Å². The summed E-state index contributed by atoms with van der Waals surface area (Å²) in [6, 6.07) is 13.9.